The van der Waals surface area contributed by atoms with E-state index in [1.54, 1.807) is 0 Å². The van der Waals surface area contributed by atoms with Crippen molar-refractivity contribution >= 4 is 0 Å². The Kier molecular flexibility index (Phi) is 3.44. The lowest BCUT2D eigenvalue weighted by molar-refractivity contribution is 0.0239. The number of rotatable bonds is 4. The number of hydrogen-bond acceptors (Lipinski definition) is 2. The molecule has 2 aliphatic carbocycles. The Morgan fingerprint density at radius 1 is 1.11 bits per heavy atom. The van der Waals surface area contributed by atoms with E-state index in [9.17, 15) is 0 Å². The zero-order chi connectivity index (χ0) is 12.6. The average Bonchev–Trinajstić information content (AvgIpc) is 3.09. The molecule has 1 spiro atoms. The van der Waals surface area contributed by atoms with Gasteiger partial charge in [-0.3, -0.25) is 4.90 Å². The highest BCUT2D eigenvalue weighted by atomic mass is 15.2. The van der Waals surface area contributed by atoms with Crippen molar-refractivity contribution in [1.29, 1.82) is 0 Å². The number of piperidine rings is 1. The molecule has 1 heterocycles. The Morgan fingerprint density at radius 2 is 1.72 bits per heavy atom. The maximum Gasteiger partial charge on any atom is 0.0306 e. The fourth-order valence-electron chi connectivity index (χ4n) is 4.43. The lowest BCUT2D eigenvalue weighted by Gasteiger charge is -2.48. The van der Waals surface area contributed by atoms with Crippen LogP contribution in [-0.2, 0) is 0 Å². The van der Waals surface area contributed by atoms with Crippen molar-refractivity contribution in [3.63, 3.8) is 0 Å². The molecule has 2 saturated carbocycles. The van der Waals surface area contributed by atoms with Crippen LogP contribution in [-0.4, -0.2) is 30.1 Å². The molecule has 0 aromatic rings. The van der Waals surface area contributed by atoms with Crippen molar-refractivity contribution < 1.29 is 0 Å². The first-order chi connectivity index (χ1) is 8.66. The average molecular weight is 250 g/mol. The molecule has 3 fully saturated rings. The molecule has 3 aliphatic rings. The second-order valence-electron chi connectivity index (χ2n) is 7.54. The Labute approximate surface area is 112 Å². The van der Waals surface area contributed by atoms with E-state index in [0.717, 1.165) is 17.9 Å². The molecule has 2 heteroatoms. The Bertz CT molecular complexity index is 281. The first kappa shape index (κ1) is 12.9. The normalized spacial score (nSPS) is 31.7. The predicted molar refractivity (Wildman–Crippen MR) is 76.5 cm³/mol. The first-order valence-electron chi connectivity index (χ1n) is 8.11. The van der Waals surface area contributed by atoms with Gasteiger partial charge in [0.2, 0.25) is 0 Å². The maximum absolute atomic E-state index is 6.12. The number of nitrogens with two attached hydrogens (primary N) is 1. The fourth-order valence-corrected chi connectivity index (χ4v) is 4.43. The summed E-state index contributed by atoms with van der Waals surface area (Å²) >= 11 is 0. The SMILES string of the molecule is CC(CN)(CC1CC1)N1CCC2(CCCC2)CC1. The minimum absolute atomic E-state index is 0.293. The molecule has 18 heavy (non-hydrogen) atoms. The molecule has 104 valence electrons. The smallest absolute Gasteiger partial charge is 0.0306 e. The molecule has 0 radical (unpaired) electrons. The van der Waals surface area contributed by atoms with Crippen molar-refractivity contribution in [2.24, 2.45) is 17.1 Å². The summed E-state index contributed by atoms with van der Waals surface area (Å²) in [6.45, 7) is 5.87. The van der Waals surface area contributed by atoms with Crippen LogP contribution < -0.4 is 5.73 Å². The molecule has 2 N–H and O–H groups in total. The van der Waals surface area contributed by atoms with Crippen molar-refractivity contribution in [1.82, 2.24) is 4.90 Å². The summed E-state index contributed by atoms with van der Waals surface area (Å²) in [4.78, 5) is 2.73. The third-order valence-electron chi connectivity index (χ3n) is 6.12. The van der Waals surface area contributed by atoms with Gasteiger partial charge in [0.1, 0.15) is 0 Å². The zero-order valence-electron chi connectivity index (χ0n) is 12.1. The molecule has 1 aliphatic heterocycles. The summed E-state index contributed by atoms with van der Waals surface area (Å²) in [5.41, 5.74) is 7.15. The lowest BCUT2D eigenvalue weighted by atomic mass is 9.75. The van der Waals surface area contributed by atoms with Crippen LogP contribution in [0.3, 0.4) is 0 Å². The van der Waals surface area contributed by atoms with E-state index < -0.39 is 0 Å². The topological polar surface area (TPSA) is 29.3 Å². The van der Waals surface area contributed by atoms with E-state index in [1.165, 1.54) is 70.9 Å². The maximum atomic E-state index is 6.12. The van der Waals surface area contributed by atoms with E-state index in [1.807, 2.05) is 0 Å². The van der Waals surface area contributed by atoms with Gasteiger partial charge in [-0.2, -0.15) is 0 Å². The minimum atomic E-state index is 0.293. The van der Waals surface area contributed by atoms with Crippen LogP contribution in [0.5, 0.6) is 0 Å². The van der Waals surface area contributed by atoms with Crippen molar-refractivity contribution in [3.8, 4) is 0 Å². The van der Waals surface area contributed by atoms with Crippen molar-refractivity contribution in [2.45, 2.75) is 70.3 Å². The summed E-state index contributed by atoms with van der Waals surface area (Å²) in [7, 11) is 0. The van der Waals surface area contributed by atoms with Crippen LogP contribution in [0, 0.1) is 11.3 Å². The molecule has 0 aromatic heterocycles. The fraction of sp³-hybridized carbons (Fsp3) is 1.00. The van der Waals surface area contributed by atoms with Crippen LogP contribution in [0.15, 0.2) is 0 Å². The van der Waals surface area contributed by atoms with Crippen LogP contribution in [0.2, 0.25) is 0 Å². The van der Waals surface area contributed by atoms with Gasteiger partial charge in [-0.25, -0.2) is 0 Å². The van der Waals surface area contributed by atoms with Gasteiger partial charge in [0.15, 0.2) is 0 Å². The minimum Gasteiger partial charge on any atom is -0.329 e. The zero-order valence-corrected chi connectivity index (χ0v) is 12.1. The quantitative estimate of drug-likeness (QED) is 0.830. The highest BCUT2D eigenvalue weighted by Gasteiger charge is 2.43. The molecule has 2 nitrogen and oxygen atoms in total. The summed E-state index contributed by atoms with van der Waals surface area (Å²) in [6.07, 6.45) is 13.1. The molecule has 3 rings (SSSR count). The van der Waals surface area contributed by atoms with E-state index in [4.69, 9.17) is 5.73 Å². The standard InChI is InChI=1S/C16H30N2/c1-15(13-17,12-14-4-5-14)18-10-8-16(9-11-18)6-2-3-7-16/h14H,2-13,17H2,1H3. The summed E-state index contributed by atoms with van der Waals surface area (Å²) in [5.74, 6) is 0.987. The van der Waals surface area contributed by atoms with E-state index >= 15 is 0 Å². The Hall–Kier alpha value is -0.0800. The molecule has 1 saturated heterocycles. The van der Waals surface area contributed by atoms with Gasteiger partial charge in [0, 0.05) is 12.1 Å². The third-order valence-corrected chi connectivity index (χ3v) is 6.12. The van der Waals surface area contributed by atoms with Crippen LogP contribution in [0.1, 0.15) is 64.7 Å². The molecule has 1 unspecified atom stereocenters. The van der Waals surface area contributed by atoms with E-state index in [-0.39, 0.29) is 0 Å². The van der Waals surface area contributed by atoms with E-state index in [0.29, 0.717) is 5.54 Å². The molecule has 1 atom stereocenters. The molecular weight excluding hydrogens is 220 g/mol. The second kappa shape index (κ2) is 4.79. The van der Waals surface area contributed by atoms with Crippen LogP contribution in [0.4, 0.5) is 0 Å². The number of hydrogen-bond donors (Lipinski definition) is 1. The van der Waals surface area contributed by atoms with Gasteiger partial charge in [-0.05, 0) is 63.5 Å². The summed E-state index contributed by atoms with van der Waals surface area (Å²) in [5, 5.41) is 0. The lowest BCUT2D eigenvalue weighted by Crippen LogP contribution is -2.55. The third kappa shape index (κ3) is 2.46. The van der Waals surface area contributed by atoms with Crippen molar-refractivity contribution in [2.75, 3.05) is 19.6 Å². The van der Waals surface area contributed by atoms with Crippen LogP contribution >= 0.6 is 0 Å². The van der Waals surface area contributed by atoms with Gasteiger partial charge in [0.25, 0.3) is 0 Å². The molecular formula is C16H30N2. The monoisotopic (exact) mass is 250 g/mol. The second-order valence-corrected chi connectivity index (χ2v) is 7.54. The van der Waals surface area contributed by atoms with Gasteiger partial charge in [-0.15, -0.1) is 0 Å². The van der Waals surface area contributed by atoms with Gasteiger partial charge in [0.05, 0.1) is 0 Å². The molecule has 0 aromatic carbocycles. The Morgan fingerprint density at radius 3 is 2.22 bits per heavy atom. The largest absolute Gasteiger partial charge is 0.329 e. The van der Waals surface area contributed by atoms with Gasteiger partial charge in [-0.1, -0.05) is 25.7 Å². The first-order valence-corrected chi connectivity index (χ1v) is 8.11. The highest BCUT2D eigenvalue weighted by molar-refractivity contribution is 4.98. The van der Waals surface area contributed by atoms with Gasteiger partial charge >= 0.3 is 0 Å². The summed E-state index contributed by atoms with van der Waals surface area (Å²) < 4.78 is 0. The van der Waals surface area contributed by atoms with Crippen LogP contribution in [0.25, 0.3) is 0 Å². The molecule has 0 amide bonds. The number of nitrogens with zero attached hydrogens (tertiary/aromatic N) is 1. The van der Waals surface area contributed by atoms with Crippen molar-refractivity contribution in [3.05, 3.63) is 0 Å². The Balaban J connectivity index is 1.59. The highest BCUT2D eigenvalue weighted by Crippen LogP contribution is 2.48. The van der Waals surface area contributed by atoms with Gasteiger partial charge < -0.3 is 5.73 Å². The summed E-state index contributed by atoms with van der Waals surface area (Å²) in [6, 6.07) is 0. The van der Waals surface area contributed by atoms with E-state index in [2.05, 4.69) is 11.8 Å². The molecule has 0 bridgehead atoms. The number of likely N-dealkylation sites (tertiary alicyclic amines) is 1. The predicted octanol–water partition coefficient (Wildman–Crippen LogP) is 3.16.